The topological polar surface area (TPSA) is 68.5 Å². The van der Waals surface area contributed by atoms with Gasteiger partial charge in [-0.15, -0.1) is 0 Å². The summed E-state index contributed by atoms with van der Waals surface area (Å²) < 4.78 is 12.4. The first-order valence-corrected chi connectivity index (χ1v) is 11.7. The van der Waals surface area contributed by atoms with E-state index in [1.807, 2.05) is 31.2 Å². The second kappa shape index (κ2) is 7.22. The fourth-order valence-electron chi connectivity index (χ4n) is 5.98. The molecule has 0 unspecified atom stereocenters. The maximum atomic E-state index is 13.2. The molecule has 2 heterocycles. The fraction of sp³-hybridized carbons (Fsp3) is 0.407. The van der Waals surface area contributed by atoms with E-state index in [0.29, 0.717) is 28.9 Å². The van der Waals surface area contributed by atoms with Crippen LogP contribution in [0, 0.1) is 6.92 Å². The number of nitrogens with one attached hydrogen (secondary N) is 1. The minimum Gasteiger partial charge on any atom is -0.486 e. The molecular weight excluding hydrogens is 402 g/mol. The van der Waals surface area contributed by atoms with Crippen LogP contribution in [-0.4, -0.2) is 17.3 Å². The number of hydrogen-bond donors (Lipinski definition) is 1. The monoisotopic (exact) mass is 429 g/mol. The van der Waals surface area contributed by atoms with Gasteiger partial charge in [0, 0.05) is 10.9 Å². The Morgan fingerprint density at radius 1 is 1.09 bits per heavy atom. The fourth-order valence-corrected chi connectivity index (χ4v) is 5.98. The number of furan rings is 1. The lowest BCUT2D eigenvalue weighted by atomic mass is 9.86. The number of aryl methyl sites for hydroxylation is 2. The van der Waals surface area contributed by atoms with Gasteiger partial charge in [0.25, 0.3) is 5.91 Å². The Morgan fingerprint density at radius 2 is 1.91 bits per heavy atom. The number of fused-ring (bicyclic) bond motifs is 4. The van der Waals surface area contributed by atoms with Crippen LogP contribution in [-0.2, 0) is 6.42 Å². The zero-order valence-corrected chi connectivity index (χ0v) is 18.3. The van der Waals surface area contributed by atoms with Gasteiger partial charge in [0.05, 0.1) is 18.0 Å². The molecular formula is C27H27NO4. The number of benzene rings is 2. The number of carbonyl (C=O) groups excluding carboxylic acids is 2. The van der Waals surface area contributed by atoms with E-state index in [2.05, 4.69) is 17.4 Å². The van der Waals surface area contributed by atoms with Gasteiger partial charge in [0.2, 0.25) is 0 Å². The lowest BCUT2D eigenvalue weighted by molar-refractivity contribution is 0.0454. The highest BCUT2D eigenvalue weighted by atomic mass is 16.5. The maximum absolute atomic E-state index is 13.2. The molecule has 5 nitrogen and oxygen atoms in total. The van der Waals surface area contributed by atoms with Crippen LogP contribution >= 0.6 is 0 Å². The maximum Gasteiger partial charge on any atom is 0.287 e. The molecule has 3 aromatic rings. The molecule has 1 saturated carbocycles. The van der Waals surface area contributed by atoms with E-state index in [9.17, 15) is 9.59 Å². The zero-order chi connectivity index (χ0) is 21.9. The molecule has 1 aromatic heterocycles. The van der Waals surface area contributed by atoms with Crippen molar-refractivity contribution in [1.29, 1.82) is 0 Å². The summed E-state index contributed by atoms with van der Waals surface area (Å²) in [6, 6.07) is 11.9. The van der Waals surface area contributed by atoms with Gasteiger partial charge in [-0.25, -0.2) is 0 Å². The Kier molecular flexibility index (Phi) is 4.42. The molecule has 0 bridgehead atoms. The largest absolute Gasteiger partial charge is 0.486 e. The minimum absolute atomic E-state index is 0.0267. The summed E-state index contributed by atoms with van der Waals surface area (Å²) >= 11 is 0. The Bertz CT molecular complexity index is 1250. The molecule has 2 aromatic carbocycles. The Balaban J connectivity index is 1.35. The van der Waals surface area contributed by atoms with E-state index in [0.717, 1.165) is 50.3 Å². The molecule has 3 aliphatic rings. The molecule has 164 valence electrons. The first-order valence-electron chi connectivity index (χ1n) is 11.7. The highest BCUT2D eigenvalue weighted by Crippen LogP contribution is 2.46. The summed E-state index contributed by atoms with van der Waals surface area (Å²) in [5.74, 6) is 0.777. The van der Waals surface area contributed by atoms with Crippen LogP contribution in [0.15, 0.2) is 40.8 Å². The number of amides is 1. The summed E-state index contributed by atoms with van der Waals surface area (Å²) in [5, 5.41) is 3.89. The molecule has 1 spiro atoms. The molecule has 1 amide bonds. The number of rotatable bonds is 2. The highest BCUT2D eigenvalue weighted by Gasteiger charge is 2.44. The van der Waals surface area contributed by atoms with Gasteiger partial charge in [-0.3, -0.25) is 9.59 Å². The third-order valence-corrected chi connectivity index (χ3v) is 7.54. The van der Waals surface area contributed by atoms with Crippen LogP contribution in [0.4, 0.5) is 0 Å². The third kappa shape index (κ3) is 2.98. The van der Waals surface area contributed by atoms with Gasteiger partial charge in [-0.2, -0.15) is 0 Å². The van der Waals surface area contributed by atoms with Gasteiger partial charge in [-0.05, 0) is 75.1 Å². The summed E-state index contributed by atoms with van der Waals surface area (Å²) in [6.45, 7) is 1.86. The Labute approximate surface area is 187 Å². The van der Waals surface area contributed by atoms with E-state index in [1.165, 1.54) is 11.1 Å². The SMILES string of the molecule is Cc1c(C(=O)N[C@H]2CCCc3ccccc32)oc2ccc3c(c12)C(=O)CC1(CCCC1)O3. The van der Waals surface area contributed by atoms with Crippen molar-refractivity contribution in [3.8, 4) is 5.75 Å². The average Bonchev–Trinajstić information content (AvgIpc) is 3.38. The second-order valence-electron chi connectivity index (χ2n) is 9.58. The molecule has 1 fully saturated rings. The van der Waals surface area contributed by atoms with Crippen molar-refractivity contribution in [2.45, 2.75) is 69.9 Å². The van der Waals surface area contributed by atoms with Gasteiger partial charge in [0.15, 0.2) is 11.5 Å². The summed E-state index contributed by atoms with van der Waals surface area (Å²) in [4.78, 5) is 26.5. The number of ketones is 1. The summed E-state index contributed by atoms with van der Waals surface area (Å²) in [7, 11) is 0. The number of Topliss-reactive ketones (excluding diaryl/α,β-unsaturated/α-hetero) is 1. The smallest absolute Gasteiger partial charge is 0.287 e. The lowest BCUT2D eigenvalue weighted by Crippen LogP contribution is -2.39. The van der Waals surface area contributed by atoms with Crippen molar-refractivity contribution >= 4 is 22.7 Å². The standard InChI is InChI=1S/C27H27NO4/c1-16-23-21(11-12-22-24(23)20(29)15-27(32-22)13-4-5-14-27)31-25(16)26(30)28-19-10-6-8-17-7-2-3-9-18(17)19/h2-3,7,9,11-12,19H,4-6,8,10,13-15H2,1H3,(H,28,30)/t19-/m0/s1. The van der Waals surface area contributed by atoms with Crippen molar-refractivity contribution in [1.82, 2.24) is 5.32 Å². The van der Waals surface area contributed by atoms with Crippen molar-refractivity contribution in [3.63, 3.8) is 0 Å². The molecule has 32 heavy (non-hydrogen) atoms. The number of ether oxygens (including phenoxy) is 1. The zero-order valence-electron chi connectivity index (χ0n) is 18.3. The van der Waals surface area contributed by atoms with E-state index in [1.54, 1.807) is 0 Å². The van der Waals surface area contributed by atoms with E-state index >= 15 is 0 Å². The van der Waals surface area contributed by atoms with Crippen LogP contribution in [0.3, 0.4) is 0 Å². The number of carbonyl (C=O) groups is 2. The van der Waals surface area contributed by atoms with Crippen LogP contribution in [0.2, 0.25) is 0 Å². The summed E-state index contributed by atoms with van der Waals surface area (Å²) in [6.07, 6.45) is 7.46. The average molecular weight is 430 g/mol. The van der Waals surface area contributed by atoms with Crippen LogP contribution < -0.4 is 10.1 Å². The first-order chi connectivity index (χ1) is 15.5. The first kappa shape index (κ1) is 19.6. The van der Waals surface area contributed by atoms with Crippen molar-refractivity contribution in [3.05, 3.63) is 64.4 Å². The molecule has 2 aliphatic carbocycles. The van der Waals surface area contributed by atoms with Crippen molar-refractivity contribution in [2.24, 2.45) is 0 Å². The van der Waals surface area contributed by atoms with E-state index in [4.69, 9.17) is 9.15 Å². The van der Waals surface area contributed by atoms with Crippen LogP contribution in [0.1, 0.15) is 88.6 Å². The normalized spacial score (nSPS) is 21.3. The van der Waals surface area contributed by atoms with Gasteiger partial charge in [-0.1, -0.05) is 24.3 Å². The molecule has 0 radical (unpaired) electrons. The third-order valence-electron chi connectivity index (χ3n) is 7.54. The Hall–Kier alpha value is -3.08. The lowest BCUT2D eigenvalue weighted by Gasteiger charge is -2.34. The molecule has 5 heteroatoms. The molecule has 1 aliphatic heterocycles. The Morgan fingerprint density at radius 3 is 2.75 bits per heavy atom. The van der Waals surface area contributed by atoms with Crippen molar-refractivity contribution in [2.75, 3.05) is 0 Å². The quantitative estimate of drug-likeness (QED) is 0.557. The van der Waals surface area contributed by atoms with Gasteiger partial charge < -0.3 is 14.5 Å². The summed E-state index contributed by atoms with van der Waals surface area (Å²) in [5.41, 5.74) is 3.98. The predicted octanol–water partition coefficient (Wildman–Crippen LogP) is 5.83. The van der Waals surface area contributed by atoms with E-state index < -0.39 is 0 Å². The molecule has 1 atom stereocenters. The minimum atomic E-state index is -0.343. The van der Waals surface area contributed by atoms with E-state index in [-0.39, 0.29) is 29.1 Å². The molecule has 6 rings (SSSR count). The van der Waals surface area contributed by atoms with Crippen LogP contribution in [0.25, 0.3) is 11.0 Å². The predicted molar refractivity (Wildman–Crippen MR) is 121 cm³/mol. The molecule has 0 saturated heterocycles. The molecule has 1 N–H and O–H groups in total. The highest BCUT2D eigenvalue weighted by molar-refractivity contribution is 6.13. The van der Waals surface area contributed by atoms with Crippen LogP contribution in [0.5, 0.6) is 5.75 Å². The van der Waals surface area contributed by atoms with Gasteiger partial charge >= 0.3 is 0 Å². The van der Waals surface area contributed by atoms with Crippen molar-refractivity contribution < 1.29 is 18.7 Å². The number of hydrogen-bond acceptors (Lipinski definition) is 4. The van der Waals surface area contributed by atoms with Gasteiger partial charge in [0.1, 0.15) is 16.9 Å². The second-order valence-corrected chi connectivity index (χ2v) is 9.58.